The third kappa shape index (κ3) is 11.1. The molecule has 3 nitrogen and oxygen atoms in total. The molecule has 0 saturated carbocycles. The second kappa shape index (κ2) is 16.8. The third-order valence-corrected chi connectivity index (χ3v) is 8.59. The molecule has 3 heteroatoms. The fraction of sp³-hybridized carbons (Fsp3) is 0.538. The van der Waals surface area contributed by atoms with Crippen molar-refractivity contribution in [3.63, 3.8) is 0 Å². The lowest BCUT2D eigenvalue weighted by atomic mass is 9.69. The van der Waals surface area contributed by atoms with Gasteiger partial charge < -0.3 is 15.2 Å². The van der Waals surface area contributed by atoms with E-state index in [2.05, 4.69) is 96.1 Å². The van der Waals surface area contributed by atoms with Gasteiger partial charge in [-0.05, 0) is 85.8 Å². The van der Waals surface area contributed by atoms with Gasteiger partial charge in [0.25, 0.3) is 0 Å². The van der Waals surface area contributed by atoms with Gasteiger partial charge in [-0.3, -0.25) is 0 Å². The van der Waals surface area contributed by atoms with Gasteiger partial charge in [0.15, 0.2) is 0 Å². The summed E-state index contributed by atoms with van der Waals surface area (Å²) < 4.78 is 12.6. The summed E-state index contributed by atoms with van der Waals surface area (Å²) in [5.74, 6) is 1.43. The van der Waals surface area contributed by atoms with E-state index in [1.807, 2.05) is 18.2 Å². The standard InChI is InChI=1S/C39H57NO2/c1-7-8-9-10-11-15-21-37(38(2,3)4)39(5,6)42-30-32-22-25-34(26-23-32)41-28-17-16-18-31-24-27-35(36(40)29-31)33-19-13-12-14-20-33/h12-14,19-20,22-27,29,37H,7-11,15-18,21,28,30,40H2,1-6H3. The van der Waals surface area contributed by atoms with Crippen LogP contribution < -0.4 is 10.5 Å². The number of nitrogen functional groups attached to an aromatic ring is 1. The summed E-state index contributed by atoms with van der Waals surface area (Å²) in [7, 11) is 0. The van der Waals surface area contributed by atoms with Gasteiger partial charge in [-0.25, -0.2) is 0 Å². The van der Waals surface area contributed by atoms with Crippen LogP contribution in [0, 0.1) is 11.3 Å². The average molecular weight is 572 g/mol. The number of nitrogens with two attached hydrogens (primary N) is 1. The van der Waals surface area contributed by atoms with E-state index >= 15 is 0 Å². The molecular weight excluding hydrogens is 514 g/mol. The highest BCUT2D eigenvalue weighted by Crippen LogP contribution is 2.41. The predicted molar refractivity (Wildman–Crippen MR) is 181 cm³/mol. The Labute approximate surface area is 257 Å². The number of anilines is 1. The van der Waals surface area contributed by atoms with Crippen LogP contribution in [0.5, 0.6) is 5.75 Å². The summed E-state index contributed by atoms with van der Waals surface area (Å²) in [5.41, 5.74) is 12.0. The van der Waals surface area contributed by atoms with E-state index in [4.69, 9.17) is 15.2 Å². The first-order valence-corrected chi connectivity index (χ1v) is 16.4. The maximum atomic E-state index is 6.59. The molecule has 0 amide bonds. The second-order valence-corrected chi connectivity index (χ2v) is 13.6. The van der Waals surface area contributed by atoms with Crippen LogP contribution in [0.15, 0.2) is 72.8 Å². The topological polar surface area (TPSA) is 44.5 Å². The first kappa shape index (κ1) is 33.7. The second-order valence-electron chi connectivity index (χ2n) is 13.6. The van der Waals surface area contributed by atoms with Crippen LogP contribution in [0.4, 0.5) is 5.69 Å². The van der Waals surface area contributed by atoms with Crippen LogP contribution in [-0.4, -0.2) is 12.2 Å². The maximum Gasteiger partial charge on any atom is 0.119 e. The fourth-order valence-electron chi connectivity index (χ4n) is 6.27. The normalized spacial score (nSPS) is 12.8. The van der Waals surface area contributed by atoms with Crippen molar-refractivity contribution in [2.75, 3.05) is 12.3 Å². The third-order valence-electron chi connectivity index (χ3n) is 8.59. The van der Waals surface area contributed by atoms with E-state index in [-0.39, 0.29) is 11.0 Å². The monoisotopic (exact) mass is 571 g/mol. The Morgan fingerprint density at radius 3 is 2.05 bits per heavy atom. The van der Waals surface area contributed by atoms with Crippen LogP contribution in [0.2, 0.25) is 0 Å². The Morgan fingerprint density at radius 2 is 1.38 bits per heavy atom. The SMILES string of the molecule is CCCCCCCCC(C(C)(C)C)C(C)(C)OCc1ccc(OCCCCc2ccc(-c3ccccc3)c(N)c2)cc1. The molecule has 0 bridgehead atoms. The molecule has 3 rings (SSSR count). The quantitative estimate of drug-likeness (QED) is 0.122. The summed E-state index contributed by atoms with van der Waals surface area (Å²) in [6.45, 7) is 15.3. The number of benzene rings is 3. The van der Waals surface area contributed by atoms with E-state index in [0.29, 0.717) is 19.1 Å². The minimum absolute atomic E-state index is 0.177. The molecule has 0 aromatic heterocycles. The van der Waals surface area contributed by atoms with Crippen molar-refractivity contribution in [1.82, 2.24) is 0 Å². The molecule has 0 aliphatic heterocycles. The highest BCUT2D eigenvalue weighted by Gasteiger charge is 2.38. The highest BCUT2D eigenvalue weighted by molar-refractivity contribution is 5.76. The lowest BCUT2D eigenvalue weighted by Crippen LogP contribution is -2.42. The summed E-state index contributed by atoms with van der Waals surface area (Å²) in [5, 5.41) is 0. The zero-order valence-corrected chi connectivity index (χ0v) is 27.4. The number of hydrogen-bond donors (Lipinski definition) is 1. The molecule has 0 heterocycles. The summed E-state index contributed by atoms with van der Waals surface area (Å²) in [4.78, 5) is 0. The number of rotatable bonds is 18. The van der Waals surface area contributed by atoms with Crippen molar-refractivity contribution in [1.29, 1.82) is 0 Å². The first-order chi connectivity index (χ1) is 20.1. The zero-order valence-electron chi connectivity index (χ0n) is 27.4. The van der Waals surface area contributed by atoms with Gasteiger partial charge in [0, 0.05) is 11.3 Å². The molecule has 0 aliphatic carbocycles. The van der Waals surface area contributed by atoms with Crippen molar-refractivity contribution in [2.45, 2.75) is 118 Å². The molecule has 230 valence electrons. The summed E-state index contributed by atoms with van der Waals surface area (Å²) >= 11 is 0. The lowest BCUT2D eigenvalue weighted by Gasteiger charge is -2.43. The largest absolute Gasteiger partial charge is 0.494 e. The molecule has 3 aromatic carbocycles. The van der Waals surface area contributed by atoms with Gasteiger partial charge in [0.2, 0.25) is 0 Å². The number of hydrogen-bond acceptors (Lipinski definition) is 3. The van der Waals surface area contributed by atoms with Gasteiger partial charge in [-0.15, -0.1) is 0 Å². The Kier molecular flexibility index (Phi) is 13.4. The molecule has 0 fully saturated rings. The van der Waals surface area contributed by atoms with E-state index in [1.54, 1.807) is 0 Å². The molecule has 3 aromatic rings. The van der Waals surface area contributed by atoms with Crippen molar-refractivity contribution in [2.24, 2.45) is 11.3 Å². The van der Waals surface area contributed by atoms with Crippen molar-refractivity contribution in [3.05, 3.63) is 83.9 Å². The number of aryl methyl sites for hydroxylation is 1. The molecule has 1 atom stereocenters. The summed E-state index contributed by atoms with van der Waals surface area (Å²) in [6.07, 6.45) is 12.3. The van der Waals surface area contributed by atoms with Gasteiger partial charge in [0.05, 0.1) is 18.8 Å². The first-order valence-electron chi connectivity index (χ1n) is 16.4. The Hall–Kier alpha value is -2.78. The van der Waals surface area contributed by atoms with Crippen LogP contribution in [0.3, 0.4) is 0 Å². The van der Waals surface area contributed by atoms with Crippen molar-refractivity contribution in [3.8, 4) is 16.9 Å². The smallest absolute Gasteiger partial charge is 0.119 e. The fourth-order valence-corrected chi connectivity index (χ4v) is 6.27. The van der Waals surface area contributed by atoms with Crippen molar-refractivity contribution < 1.29 is 9.47 Å². The van der Waals surface area contributed by atoms with Crippen molar-refractivity contribution >= 4 is 5.69 Å². The average Bonchev–Trinajstić information content (AvgIpc) is 2.96. The van der Waals surface area contributed by atoms with E-state index in [9.17, 15) is 0 Å². The lowest BCUT2D eigenvalue weighted by molar-refractivity contribution is -0.104. The highest BCUT2D eigenvalue weighted by atomic mass is 16.5. The van der Waals surface area contributed by atoms with Gasteiger partial charge in [-0.1, -0.05) is 121 Å². The minimum Gasteiger partial charge on any atom is -0.494 e. The molecule has 1 unspecified atom stereocenters. The van der Waals surface area contributed by atoms with Gasteiger partial charge >= 0.3 is 0 Å². The Morgan fingerprint density at radius 1 is 0.714 bits per heavy atom. The molecular formula is C39H57NO2. The number of unbranched alkanes of at least 4 members (excludes halogenated alkanes) is 6. The van der Waals surface area contributed by atoms with Crippen LogP contribution in [-0.2, 0) is 17.8 Å². The van der Waals surface area contributed by atoms with E-state index in [1.165, 1.54) is 56.1 Å². The van der Waals surface area contributed by atoms with E-state index < -0.39 is 0 Å². The predicted octanol–water partition coefficient (Wildman–Crippen LogP) is 11.0. The maximum absolute atomic E-state index is 6.59. The van der Waals surface area contributed by atoms with E-state index in [0.717, 1.165) is 41.8 Å². The molecule has 2 N–H and O–H groups in total. The van der Waals surface area contributed by atoms with Gasteiger partial charge in [-0.2, -0.15) is 0 Å². The zero-order chi connectivity index (χ0) is 30.4. The van der Waals surface area contributed by atoms with Crippen LogP contribution in [0.25, 0.3) is 11.1 Å². The Bertz CT molecular complexity index is 1160. The molecule has 0 saturated heterocycles. The van der Waals surface area contributed by atoms with Gasteiger partial charge in [0.1, 0.15) is 5.75 Å². The summed E-state index contributed by atoms with van der Waals surface area (Å²) in [6, 6.07) is 25.2. The minimum atomic E-state index is -0.177. The molecule has 42 heavy (non-hydrogen) atoms. The Balaban J connectivity index is 1.39. The number of ether oxygens (including phenoxy) is 2. The van der Waals surface area contributed by atoms with Crippen LogP contribution >= 0.6 is 0 Å². The molecule has 0 spiro atoms. The molecule has 0 aliphatic rings. The van der Waals surface area contributed by atoms with Crippen LogP contribution in [0.1, 0.15) is 110 Å². The molecule has 0 radical (unpaired) electrons.